The summed E-state index contributed by atoms with van der Waals surface area (Å²) in [5.41, 5.74) is 0.982. The van der Waals surface area contributed by atoms with Crippen LogP contribution in [-0.4, -0.2) is 18.5 Å². The molecule has 0 unspecified atom stereocenters. The summed E-state index contributed by atoms with van der Waals surface area (Å²) < 4.78 is 5.89. The fraction of sp³-hybridized carbons (Fsp3) is 0.385. The predicted octanol–water partition coefficient (Wildman–Crippen LogP) is 2.22. The summed E-state index contributed by atoms with van der Waals surface area (Å²) in [5.74, 6) is -0.726. The van der Waals surface area contributed by atoms with Gasteiger partial charge in [0.2, 0.25) is 5.91 Å². The van der Waals surface area contributed by atoms with E-state index in [1.807, 2.05) is 18.2 Å². The quantitative estimate of drug-likeness (QED) is 0.852. The Morgan fingerprint density at radius 3 is 3.11 bits per heavy atom. The van der Waals surface area contributed by atoms with Crippen molar-refractivity contribution in [1.29, 1.82) is 0 Å². The molecule has 1 amide bonds. The summed E-state index contributed by atoms with van der Waals surface area (Å²) in [6.45, 7) is 2.11. The van der Waals surface area contributed by atoms with Gasteiger partial charge in [-0.25, -0.2) is 0 Å². The van der Waals surface area contributed by atoms with E-state index in [9.17, 15) is 9.59 Å². The van der Waals surface area contributed by atoms with E-state index in [0.717, 1.165) is 15.7 Å². The van der Waals surface area contributed by atoms with Crippen LogP contribution >= 0.6 is 15.9 Å². The second-order valence-electron chi connectivity index (χ2n) is 4.60. The lowest BCUT2D eigenvalue weighted by Crippen LogP contribution is -2.25. The van der Waals surface area contributed by atoms with E-state index < -0.39 is 5.41 Å². The molecule has 0 saturated heterocycles. The van der Waals surface area contributed by atoms with Crippen molar-refractivity contribution in [2.24, 2.45) is 5.92 Å². The van der Waals surface area contributed by atoms with Gasteiger partial charge in [0, 0.05) is 15.7 Å². The minimum Gasteiger partial charge on any atom is -0.466 e. The third-order valence-corrected chi connectivity index (χ3v) is 4.31. The van der Waals surface area contributed by atoms with Crippen molar-refractivity contribution in [3.8, 4) is 0 Å². The first kappa shape index (κ1) is 11.7. The summed E-state index contributed by atoms with van der Waals surface area (Å²) in [6, 6.07) is 5.61. The Kier molecular flexibility index (Phi) is 2.48. The Morgan fingerprint density at radius 1 is 1.61 bits per heavy atom. The Balaban J connectivity index is 2.02. The standard InChI is InChI=1S/C13H12BrNO3/c1-2-18-11(16)7-6-13(7)10-8(14)4-3-5-9(10)15-12(13)17/h3-5,7H,2,6H2,1H3,(H,15,17)/t7-,13+/m1/s1. The maximum Gasteiger partial charge on any atom is 0.310 e. The van der Waals surface area contributed by atoms with Crippen molar-refractivity contribution in [1.82, 2.24) is 0 Å². The minimum atomic E-state index is -0.707. The van der Waals surface area contributed by atoms with Crippen LogP contribution in [0.4, 0.5) is 5.69 Å². The highest BCUT2D eigenvalue weighted by molar-refractivity contribution is 9.10. The number of nitrogens with one attached hydrogen (secondary N) is 1. The lowest BCUT2D eigenvalue weighted by Gasteiger charge is -2.09. The highest BCUT2D eigenvalue weighted by atomic mass is 79.9. The summed E-state index contributed by atoms with van der Waals surface area (Å²) in [7, 11) is 0. The van der Waals surface area contributed by atoms with Gasteiger partial charge >= 0.3 is 5.97 Å². The van der Waals surface area contributed by atoms with Crippen molar-refractivity contribution >= 4 is 33.5 Å². The van der Waals surface area contributed by atoms with Gasteiger partial charge in [-0.05, 0) is 25.5 Å². The smallest absolute Gasteiger partial charge is 0.310 e. The lowest BCUT2D eigenvalue weighted by atomic mass is 9.95. The van der Waals surface area contributed by atoms with Gasteiger partial charge in [0.25, 0.3) is 0 Å². The number of hydrogen-bond donors (Lipinski definition) is 1. The maximum absolute atomic E-state index is 12.1. The first-order chi connectivity index (χ1) is 8.61. The molecule has 0 aromatic heterocycles. The summed E-state index contributed by atoms with van der Waals surface area (Å²) in [6.07, 6.45) is 0.535. The largest absolute Gasteiger partial charge is 0.466 e. The molecular weight excluding hydrogens is 298 g/mol. The molecule has 1 aromatic rings. The topological polar surface area (TPSA) is 55.4 Å². The number of fused-ring (bicyclic) bond motifs is 2. The molecule has 3 rings (SSSR count). The van der Waals surface area contributed by atoms with Crippen molar-refractivity contribution in [3.05, 3.63) is 28.2 Å². The van der Waals surface area contributed by atoms with Gasteiger partial charge in [-0.2, -0.15) is 0 Å². The van der Waals surface area contributed by atoms with Gasteiger partial charge in [0.1, 0.15) is 0 Å². The minimum absolute atomic E-state index is 0.0950. The number of hydrogen-bond acceptors (Lipinski definition) is 3. The Bertz CT molecular complexity index is 557. The second kappa shape index (κ2) is 3.82. The zero-order valence-electron chi connectivity index (χ0n) is 9.83. The number of esters is 1. The first-order valence-corrected chi connectivity index (χ1v) is 6.67. The highest BCUT2D eigenvalue weighted by Gasteiger charge is 2.69. The van der Waals surface area contributed by atoms with Gasteiger partial charge < -0.3 is 10.1 Å². The molecule has 2 aliphatic rings. The number of rotatable bonds is 2. The van der Waals surface area contributed by atoms with Gasteiger partial charge in [0.15, 0.2) is 0 Å². The Morgan fingerprint density at radius 2 is 2.39 bits per heavy atom. The monoisotopic (exact) mass is 309 g/mol. The molecule has 1 saturated carbocycles. The number of benzene rings is 1. The fourth-order valence-corrected chi connectivity index (χ4v) is 3.47. The summed E-state index contributed by atoms with van der Waals surface area (Å²) in [4.78, 5) is 24.0. The zero-order valence-corrected chi connectivity index (χ0v) is 11.4. The molecule has 1 spiro atoms. The Hall–Kier alpha value is -1.36. The van der Waals surface area contributed by atoms with Crippen molar-refractivity contribution in [2.45, 2.75) is 18.8 Å². The zero-order chi connectivity index (χ0) is 12.9. The number of anilines is 1. The molecule has 1 aromatic carbocycles. The average molecular weight is 310 g/mol. The van der Waals surface area contributed by atoms with Crippen LogP contribution in [0, 0.1) is 5.92 Å². The molecular formula is C13H12BrNO3. The maximum atomic E-state index is 12.1. The summed E-state index contributed by atoms with van der Waals surface area (Å²) in [5, 5.41) is 2.84. The van der Waals surface area contributed by atoms with E-state index in [1.165, 1.54) is 0 Å². The van der Waals surface area contributed by atoms with Crippen LogP contribution < -0.4 is 5.32 Å². The van der Waals surface area contributed by atoms with Crippen molar-refractivity contribution in [2.75, 3.05) is 11.9 Å². The molecule has 1 aliphatic carbocycles. The van der Waals surface area contributed by atoms with Gasteiger partial charge in [-0.1, -0.05) is 22.0 Å². The molecule has 1 aliphatic heterocycles. The molecule has 18 heavy (non-hydrogen) atoms. The number of carbonyl (C=O) groups excluding carboxylic acids is 2. The van der Waals surface area contributed by atoms with Crippen LogP contribution in [0.5, 0.6) is 0 Å². The molecule has 5 heteroatoms. The van der Waals surface area contributed by atoms with E-state index in [4.69, 9.17) is 4.74 Å². The third kappa shape index (κ3) is 1.37. The van der Waals surface area contributed by atoms with Gasteiger partial charge in [-0.3, -0.25) is 9.59 Å². The number of halogens is 1. The molecule has 1 heterocycles. The van der Waals surface area contributed by atoms with Crippen LogP contribution in [0.1, 0.15) is 18.9 Å². The van der Waals surface area contributed by atoms with Crippen LogP contribution in [0.25, 0.3) is 0 Å². The SMILES string of the molecule is CCOC(=O)[C@H]1C[C@]12C(=O)Nc1cccc(Br)c12. The molecule has 1 N–H and O–H groups in total. The number of amides is 1. The summed E-state index contributed by atoms with van der Waals surface area (Å²) >= 11 is 3.46. The molecule has 1 fully saturated rings. The first-order valence-electron chi connectivity index (χ1n) is 5.88. The van der Waals surface area contributed by atoms with Crippen LogP contribution in [0.3, 0.4) is 0 Å². The highest BCUT2D eigenvalue weighted by Crippen LogP contribution is 2.61. The molecule has 94 valence electrons. The van der Waals surface area contributed by atoms with Gasteiger partial charge in [-0.15, -0.1) is 0 Å². The van der Waals surface area contributed by atoms with Crippen molar-refractivity contribution < 1.29 is 14.3 Å². The molecule has 0 bridgehead atoms. The fourth-order valence-electron chi connectivity index (χ4n) is 2.75. The Labute approximate surface area is 113 Å². The molecule has 0 radical (unpaired) electrons. The number of carbonyl (C=O) groups is 2. The van der Waals surface area contributed by atoms with Crippen LogP contribution in [0.2, 0.25) is 0 Å². The predicted molar refractivity (Wildman–Crippen MR) is 69.2 cm³/mol. The third-order valence-electron chi connectivity index (χ3n) is 3.65. The molecule has 4 nitrogen and oxygen atoms in total. The van der Waals surface area contributed by atoms with E-state index in [0.29, 0.717) is 13.0 Å². The average Bonchev–Trinajstić information content (AvgIpc) is 2.98. The molecule has 2 atom stereocenters. The van der Waals surface area contributed by atoms with E-state index >= 15 is 0 Å². The van der Waals surface area contributed by atoms with E-state index in [1.54, 1.807) is 6.92 Å². The van der Waals surface area contributed by atoms with Gasteiger partial charge in [0.05, 0.1) is 17.9 Å². The lowest BCUT2D eigenvalue weighted by molar-refractivity contribution is -0.146. The van der Waals surface area contributed by atoms with Crippen LogP contribution in [-0.2, 0) is 19.7 Å². The second-order valence-corrected chi connectivity index (χ2v) is 5.45. The van der Waals surface area contributed by atoms with E-state index in [-0.39, 0.29) is 17.8 Å². The van der Waals surface area contributed by atoms with Crippen molar-refractivity contribution in [3.63, 3.8) is 0 Å². The van der Waals surface area contributed by atoms with E-state index in [2.05, 4.69) is 21.2 Å². The number of ether oxygens (including phenoxy) is 1. The normalized spacial score (nSPS) is 27.9. The van der Waals surface area contributed by atoms with Crippen LogP contribution in [0.15, 0.2) is 22.7 Å².